The van der Waals surface area contributed by atoms with Gasteiger partial charge in [0.1, 0.15) is 0 Å². The number of hydrogen-bond donors (Lipinski definition) is 0. The Morgan fingerprint density at radius 3 is 0.837 bits per heavy atom. The van der Waals surface area contributed by atoms with E-state index < -0.39 is 0 Å². The Labute approximate surface area is 568 Å². The van der Waals surface area contributed by atoms with Crippen molar-refractivity contribution in [1.82, 2.24) is 44.9 Å². The van der Waals surface area contributed by atoms with Crippen molar-refractivity contribution in [3.8, 4) is 158 Å². The molecule has 9 nitrogen and oxygen atoms in total. The van der Waals surface area contributed by atoms with E-state index in [0.717, 1.165) is 113 Å². The van der Waals surface area contributed by atoms with Gasteiger partial charge in [0.25, 0.3) is 0 Å². The van der Waals surface area contributed by atoms with Crippen LogP contribution in [0.15, 0.2) is 334 Å². The highest BCUT2D eigenvalue weighted by molar-refractivity contribution is 5.88. The second-order valence-corrected chi connectivity index (χ2v) is 24.5. The molecule has 0 saturated heterocycles. The van der Waals surface area contributed by atoms with Gasteiger partial charge >= 0.3 is 0 Å². The summed E-state index contributed by atoms with van der Waals surface area (Å²) < 4.78 is 0. The number of benzene rings is 11. The van der Waals surface area contributed by atoms with Crippen molar-refractivity contribution in [3.63, 3.8) is 0 Å². The van der Waals surface area contributed by atoms with Gasteiger partial charge < -0.3 is 0 Å². The number of rotatable bonds is 12. The fourth-order valence-corrected chi connectivity index (χ4v) is 13.5. The quantitative estimate of drug-likeness (QED) is 0.118. The molecule has 0 aliphatic heterocycles. The number of pyridine rings is 3. The van der Waals surface area contributed by atoms with E-state index in [9.17, 15) is 0 Å². The zero-order chi connectivity index (χ0) is 65.1. The lowest BCUT2D eigenvalue weighted by atomic mass is 9.94. The molecule has 2 aliphatic carbocycles. The lowest BCUT2D eigenvalue weighted by molar-refractivity contribution is 1.07. The molecule has 9 heteroatoms. The molecule has 5 heterocycles. The minimum atomic E-state index is 0.611. The average molecular weight is 1250 g/mol. The monoisotopic (exact) mass is 1250 g/mol. The van der Waals surface area contributed by atoms with E-state index in [4.69, 9.17) is 39.9 Å². The van der Waals surface area contributed by atoms with Crippen LogP contribution < -0.4 is 0 Å². The smallest absolute Gasteiger partial charge is 0.164 e. The normalized spacial score (nSPS) is 11.6. The minimum Gasteiger partial charge on any atom is -0.264 e. The molecule has 98 heavy (non-hydrogen) atoms. The molecular formula is C89H59N9. The van der Waals surface area contributed by atoms with Gasteiger partial charge in [-0.15, -0.1) is 0 Å². The van der Waals surface area contributed by atoms with Gasteiger partial charge in [-0.2, -0.15) is 0 Å². The molecule has 0 radical (unpaired) electrons. The molecule has 0 bridgehead atoms. The van der Waals surface area contributed by atoms with Crippen molar-refractivity contribution in [1.29, 1.82) is 0 Å². The van der Waals surface area contributed by atoms with Crippen LogP contribution in [0, 0.1) is 0 Å². The number of nitrogens with zero attached hydrogens (tertiary/aromatic N) is 9. The predicted octanol–water partition coefficient (Wildman–Crippen LogP) is 21.1. The summed E-state index contributed by atoms with van der Waals surface area (Å²) in [5, 5.41) is 0. The van der Waals surface area contributed by atoms with E-state index in [-0.39, 0.29) is 0 Å². The van der Waals surface area contributed by atoms with Crippen molar-refractivity contribution < 1.29 is 0 Å². The molecule has 0 spiro atoms. The van der Waals surface area contributed by atoms with Gasteiger partial charge in [0.2, 0.25) is 0 Å². The zero-order valence-electron chi connectivity index (χ0n) is 53.2. The lowest BCUT2D eigenvalue weighted by Gasteiger charge is -2.13. The first-order valence-electron chi connectivity index (χ1n) is 32.9. The zero-order valence-corrected chi connectivity index (χ0v) is 53.2. The van der Waals surface area contributed by atoms with Crippen LogP contribution in [0.4, 0.5) is 0 Å². The van der Waals surface area contributed by atoms with Crippen LogP contribution in [-0.4, -0.2) is 44.9 Å². The third kappa shape index (κ3) is 11.8. The SMILES string of the molecule is c1ccc(-c2cc(-c3ccc(-c4nccc5c4Cc4ccccc4-5)cc3)cc(-c3nc(-c4ccccc4)nc(-c4ccccc4)n3)c2)cc1.c1ccc(-c2nc(-c3ccccc3)nc(-c3cc(-c4ccc(-c5nccc6c5Cc5ccccc5-6)cc4)cc(-c4cccnc4)c3)n2)cc1. The van der Waals surface area contributed by atoms with Gasteiger partial charge in [0.05, 0.1) is 11.4 Å². The number of hydrogen-bond acceptors (Lipinski definition) is 9. The molecule has 460 valence electrons. The fourth-order valence-electron chi connectivity index (χ4n) is 13.5. The van der Waals surface area contributed by atoms with Gasteiger partial charge in [-0.3, -0.25) is 15.0 Å². The summed E-state index contributed by atoms with van der Waals surface area (Å²) in [5.74, 6) is 3.79. The van der Waals surface area contributed by atoms with E-state index in [1.165, 1.54) is 44.5 Å². The Morgan fingerprint density at radius 1 is 0.194 bits per heavy atom. The van der Waals surface area contributed by atoms with Gasteiger partial charge in [-0.1, -0.05) is 255 Å². The molecule has 16 aromatic rings. The van der Waals surface area contributed by atoms with Crippen LogP contribution in [0.25, 0.3) is 158 Å². The van der Waals surface area contributed by atoms with Crippen LogP contribution in [0.3, 0.4) is 0 Å². The fraction of sp³-hybridized carbons (Fsp3) is 0.0225. The molecule has 5 aromatic heterocycles. The van der Waals surface area contributed by atoms with Crippen molar-refractivity contribution >= 4 is 0 Å². The molecule has 0 unspecified atom stereocenters. The van der Waals surface area contributed by atoms with Crippen molar-refractivity contribution in [2.24, 2.45) is 0 Å². The molecule has 0 N–H and O–H groups in total. The van der Waals surface area contributed by atoms with Crippen LogP contribution in [-0.2, 0) is 12.8 Å². The van der Waals surface area contributed by atoms with Crippen molar-refractivity contribution in [2.45, 2.75) is 12.8 Å². The summed E-state index contributed by atoms with van der Waals surface area (Å²) in [5.41, 5.74) is 29.0. The van der Waals surface area contributed by atoms with E-state index in [1.54, 1.807) is 6.20 Å². The highest BCUT2D eigenvalue weighted by Gasteiger charge is 2.25. The highest BCUT2D eigenvalue weighted by Crippen LogP contribution is 2.44. The summed E-state index contributed by atoms with van der Waals surface area (Å²) in [6, 6.07) is 107. The van der Waals surface area contributed by atoms with Crippen LogP contribution in [0.5, 0.6) is 0 Å². The third-order valence-electron chi connectivity index (χ3n) is 18.3. The Kier molecular flexibility index (Phi) is 15.6. The van der Waals surface area contributed by atoms with Gasteiger partial charge in [-0.05, 0) is 138 Å². The first kappa shape index (κ1) is 58.7. The van der Waals surface area contributed by atoms with Gasteiger partial charge in [0, 0.05) is 87.7 Å². The highest BCUT2D eigenvalue weighted by atomic mass is 15.0. The molecule has 0 amide bonds. The van der Waals surface area contributed by atoms with Crippen LogP contribution in [0.2, 0.25) is 0 Å². The predicted molar refractivity (Wildman–Crippen MR) is 395 cm³/mol. The molecule has 0 saturated carbocycles. The topological polar surface area (TPSA) is 116 Å². The summed E-state index contributed by atoms with van der Waals surface area (Å²) >= 11 is 0. The van der Waals surface area contributed by atoms with Crippen molar-refractivity contribution in [2.75, 3.05) is 0 Å². The van der Waals surface area contributed by atoms with E-state index in [1.807, 2.05) is 152 Å². The Hall–Kier alpha value is -13.1. The third-order valence-corrected chi connectivity index (χ3v) is 18.3. The average Bonchev–Trinajstić information content (AvgIpc) is 1.57. The maximum atomic E-state index is 5.04. The Balaban J connectivity index is 0.000000147. The molecule has 0 fully saturated rings. The first-order chi connectivity index (χ1) is 48.5. The summed E-state index contributed by atoms with van der Waals surface area (Å²) in [4.78, 5) is 44.1. The number of fused-ring (bicyclic) bond motifs is 6. The van der Waals surface area contributed by atoms with E-state index in [2.05, 4.69) is 181 Å². The summed E-state index contributed by atoms with van der Waals surface area (Å²) in [6.07, 6.45) is 9.35. The Bertz CT molecular complexity index is 5120. The van der Waals surface area contributed by atoms with E-state index in [0.29, 0.717) is 34.9 Å². The molecule has 0 atom stereocenters. The van der Waals surface area contributed by atoms with E-state index >= 15 is 0 Å². The summed E-state index contributed by atoms with van der Waals surface area (Å²) in [7, 11) is 0. The van der Waals surface area contributed by atoms with Gasteiger partial charge in [-0.25, -0.2) is 29.9 Å². The Morgan fingerprint density at radius 2 is 0.480 bits per heavy atom. The first-order valence-corrected chi connectivity index (χ1v) is 32.9. The maximum Gasteiger partial charge on any atom is 0.164 e. The maximum absolute atomic E-state index is 5.04. The standard InChI is InChI=1S/C45H30N4.C44H29N5/c1-4-12-30(13-5-1)36-26-37(31-20-22-32(23-21-31)42-41-29-35-18-10-11-19-39(35)40(41)24-25-46-42)28-38(27-36)45-48-43(33-14-6-2-7-15-33)47-44(49-45)34-16-8-3-9-17-34;1-3-10-31(11-4-1)42-47-43(32-12-5-2-6-13-32)49-44(48-42)37-25-35(24-36(26-37)34-15-9-22-45-28-34)29-17-19-30(20-18-29)41-40-27-33-14-7-8-16-38(33)39(40)21-23-46-41/h1-28H,29H2;1-26,28H,27H2. The molecular weight excluding hydrogens is 1200 g/mol. The largest absolute Gasteiger partial charge is 0.264 e. The van der Waals surface area contributed by atoms with Gasteiger partial charge in [0.15, 0.2) is 34.9 Å². The molecule has 2 aliphatic rings. The molecule has 18 rings (SSSR count). The second-order valence-electron chi connectivity index (χ2n) is 24.5. The number of aromatic nitrogens is 9. The molecule has 11 aromatic carbocycles. The minimum absolute atomic E-state index is 0.611. The lowest BCUT2D eigenvalue weighted by Crippen LogP contribution is -2.00. The van der Waals surface area contributed by atoms with Crippen LogP contribution >= 0.6 is 0 Å². The second kappa shape index (κ2) is 26.0. The van der Waals surface area contributed by atoms with Crippen LogP contribution in [0.1, 0.15) is 22.3 Å². The summed E-state index contributed by atoms with van der Waals surface area (Å²) in [6.45, 7) is 0. The van der Waals surface area contributed by atoms with Crippen molar-refractivity contribution in [3.05, 3.63) is 356 Å².